The van der Waals surface area contributed by atoms with Gasteiger partial charge in [-0.15, -0.1) is 0 Å². The summed E-state index contributed by atoms with van der Waals surface area (Å²) in [5.41, 5.74) is 0.755. The van der Waals surface area contributed by atoms with E-state index in [0.29, 0.717) is 37.7 Å². The number of rotatable bonds is 5. The Balaban J connectivity index is 1.54. The number of aromatic nitrogens is 2. The number of carboxylic acids is 1. The van der Waals surface area contributed by atoms with Crippen LogP contribution in [0.15, 0.2) is 24.4 Å². The van der Waals surface area contributed by atoms with Crippen LogP contribution in [0.3, 0.4) is 0 Å². The molecule has 0 radical (unpaired) electrons. The first-order valence-electron chi connectivity index (χ1n) is 8.50. The zero-order chi connectivity index (χ0) is 19.6. The van der Waals surface area contributed by atoms with E-state index >= 15 is 0 Å². The number of benzene rings is 1. The minimum absolute atomic E-state index is 0.0117. The molecule has 0 unspecified atom stereocenters. The highest BCUT2D eigenvalue weighted by Crippen LogP contribution is 2.25. The van der Waals surface area contributed by atoms with Crippen molar-refractivity contribution in [1.82, 2.24) is 14.7 Å². The van der Waals surface area contributed by atoms with Crippen LogP contribution < -0.4 is 4.74 Å². The van der Waals surface area contributed by atoms with Crippen LogP contribution in [0.1, 0.15) is 34.9 Å². The van der Waals surface area contributed by atoms with Gasteiger partial charge in [0, 0.05) is 19.2 Å². The Morgan fingerprint density at radius 3 is 2.59 bits per heavy atom. The van der Waals surface area contributed by atoms with E-state index in [-0.39, 0.29) is 29.9 Å². The van der Waals surface area contributed by atoms with Gasteiger partial charge in [-0.2, -0.15) is 5.10 Å². The van der Waals surface area contributed by atoms with E-state index in [2.05, 4.69) is 5.10 Å². The van der Waals surface area contributed by atoms with Gasteiger partial charge in [0.05, 0.1) is 17.9 Å². The molecule has 1 N–H and O–H groups in total. The third kappa shape index (κ3) is 4.07. The van der Waals surface area contributed by atoms with Crippen molar-refractivity contribution < 1.29 is 28.2 Å². The topological polar surface area (TPSA) is 84.7 Å². The Morgan fingerprint density at radius 2 is 2.00 bits per heavy atom. The van der Waals surface area contributed by atoms with E-state index in [9.17, 15) is 18.4 Å². The summed E-state index contributed by atoms with van der Waals surface area (Å²) in [5.74, 6) is -3.05. The van der Waals surface area contributed by atoms with E-state index in [1.54, 1.807) is 16.5 Å². The Morgan fingerprint density at radius 1 is 1.30 bits per heavy atom. The molecular formula is C18H19F2N3O4. The van der Waals surface area contributed by atoms with Crippen LogP contribution in [0.2, 0.25) is 0 Å². The summed E-state index contributed by atoms with van der Waals surface area (Å²) < 4.78 is 33.3. The lowest BCUT2D eigenvalue weighted by atomic mass is 10.0. The minimum Gasteiger partial charge on any atom is -0.481 e. The largest absolute Gasteiger partial charge is 0.481 e. The summed E-state index contributed by atoms with van der Waals surface area (Å²) in [6.07, 6.45) is 2.58. The third-order valence-electron chi connectivity index (χ3n) is 4.68. The fourth-order valence-electron chi connectivity index (χ4n) is 3.18. The average Bonchev–Trinajstić information content (AvgIpc) is 3.02. The van der Waals surface area contributed by atoms with Gasteiger partial charge in [0.1, 0.15) is 11.4 Å². The van der Waals surface area contributed by atoms with Crippen molar-refractivity contribution in [2.75, 3.05) is 19.7 Å². The van der Waals surface area contributed by atoms with Gasteiger partial charge in [-0.05, 0) is 31.9 Å². The lowest BCUT2D eigenvalue weighted by molar-refractivity contribution is -0.134. The SMILES string of the molecule is Cc1c(C(=O)O)cnn1C1CCN(C(=O)COc2ccc(F)cc2F)CC1. The predicted molar refractivity (Wildman–Crippen MR) is 90.6 cm³/mol. The molecule has 1 fully saturated rings. The number of halogens is 2. The number of nitrogens with zero attached hydrogens (tertiary/aromatic N) is 3. The summed E-state index contributed by atoms with van der Waals surface area (Å²) in [4.78, 5) is 25.0. The zero-order valence-corrected chi connectivity index (χ0v) is 14.7. The van der Waals surface area contributed by atoms with Gasteiger partial charge in [0.2, 0.25) is 0 Å². The first kappa shape index (κ1) is 18.8. The number of likely N-dealkylation sites (tertiary alicyclic amines) is 1. The normalized spacial score (nSPS) is 15.0. The molecule has 2 aromatic rings. The van der Waals surface area contributed by atoms with Gasteiger partial charge in [0.15, 0.2) is 18.2 Å². The van der Waals surface area contributed by atoms with Gasteiger partial charge < -0.3 is 14.7 Å². The van der Waals surface area contributed by atoms with Crippen LogP contribution in [0.4, 0.5) is 8.78 Å². The molecule has 3 rings (SSSR count). The summed E-state index contributed by atoms with van der Waals surface area (Å²) in [6.45, 7) is 2.29. The van der Waals surface area contributed by atoms with Crippen molar-refractivity contribution in [3.05, 3.63) is 47.3 Å². The van der Waals surface area contributed by atoms with Crippen LogP contribution in [-0.2, 0) is 4.79 Å². The fraction of sp³-hybridized carbons (Fsp3) is 0.389. The predicted octanol–water partition coefficient (Wildman–Crippen LogP) is 2.41. The second kappa shape index (κ2) is 7.73. The molecule has 0 aliphatic carbocycles. The van der Waals surface area contributed by atoms with Gasteiger partial charge in [-0.25, -0.2) is 13.6 Å². The Bertz CT molecular complexity index is 860. The molecule has 0 atom stereocenters. The lowest BCUT2D eigenvalue weighted by Gasteiger charge is -2.32. The van der Waals surface area contributed by atoms with Crippen LogP contribution in [-0.4, -0.2) is 51.4 Å². The zero-order valence-electron chi connectivity index (χ0n) is 14.7. The maximum atomic E-state index is 13.5. The van der Waals surface area contributed by atoms with E-state index < -0.39 is 17.6 Å². The number of carbonyl (C=O) groups is 2. The van der Waals surface area contributed by atoms with Crippen LogP contribution >= 0.6 is 0 Å². The molecule has 1 amide bonds. The molecule has 1 aliphatic rings. The minimum atomic E-state index is -1.02. The van der Waals surface area contributed by atoms with Crippen molar-refractivity contribution in [1.29, 1.82) is 0 Å². The number of hydrogen-bond acceptors (Lipinski definition) is 4. The highest BCUT2D eigenvalue weighted by molar-refractivity contribution is 5.88. The van der Waals surface area contributed by atoms with Gasteiger partial charge in [-0.3, -0.25) is 9.48 Å². The third-order valence-corrected chi connectivity index (χ3v) is 4.68. The highest BCUT2D eigenvalue weighted by Gasteiger charge is 2.26. The van der Waals surface area contributed by atoms with Crippen LogP contribution in [0.5, 0.6) is 5.75 Å². The molecule has 1 aliphatic heterocycles. The average molecular weight is 379 g/mol. The molecule has 144 valence electrons. The smallest absolute Gasteiger partial charge is 0.339 e. The van der Waals surface area contributed by atoms with Crippen LogP contribution in [0.25, 0.3) is 0 Å². The number of aromatic carboxylic acids is 1. The van der Waals surface area contributed by atoms with Crippen molar-refractivity contribution in [2.45, 2.75) is 25.8 Å². The van der Waals surface area contributed by atoms with E-state index in [1.807, 2.05) is 0 Å². The van der Waals surface area contributed by atoms with Crippen molar-refractivity contribution in [2.24, 2.45) is 0 Å². The number of piperidine rings is 1. The number of amides is 1. The quantitative estimate of drug-likeness (QED) is 0.862. The lowest BCUT2D eigenvalue weighted by Crippen LogP contribution is -2.41. The molecule has 1 saturated heterocycles. The van der Waals surface area contributed by atoms with Crippen molar-refractivity contribution in [3.63, 3.8) is 0 Å². The maximum absolute atomic E-state index is 13.5. The van der Waals surface area contributed by atoms with Gasteiger partial charge in [-0.1, -0.05) is 0 Å². The number of carbonyl (C=O) groups excluding carboxylic acids is 1. The monoisotopic (exact) mass is 379 g/mol. The molecule has 1 aromatic carbocycles. The molecule has 2 heterocycles. The molecule has 27 heavy (non-hydrogen) atoms. The second-order valence-electron chi connectivity index (χ2n) is 6.37. The summed E-state index contributed by atoms with van der Waals surface area (Å²) >= 11 is 0. The fourth-order valence-corrected chi connectivity index (χ4v) is 3.18. The maximum Gasteiger partial charge on any atom is 0.339 e. The van der Waals surface area contributed by atoms with Crippen molar-refractivity contribution >= 4 is 11.9 Å². The first-order chi connectivity index (χ1) is 12.9. The summed E-state index contributed by atoms with van der Waals surface area (Å²) in [6, 6.07) is 2.91. The molecule has 0 bridgehead atoms. The Labute approximate surface area is 154 Å². The molecule has 9 heteroatoms. The number of hydrogen-bond donors (Lipinski definition) is 1. The molecule has 1 aromatic heterocycles. The van der Waals surface area contributed by atoms with Gasteiger partial charge >= 0.3 is 5.97 Å². The van der Waals surface area contributed by atoms with Gasteiger partial charge in [0.25, 0.3) is 5.91 Å². The number of carboxylic acid groups (broad SMARTS) is 1. The summed E-state index contributed by atoms with van der Waals surface area (Å²) in [5, 5.41) is 13.3. The van der Waals surface area contributed by atoms with E-state index in [4.69, 9.17) is 9.84 Å². The first-order valence-corrected chi connectivity index (χ1v) is 8.50. The molecular weight excluding hydrogens is 360 g/mol. The Hall–Kier alpha value is -2.97. The standard InChI is InChI=1S/C18H19F2N3O4/c1-11-14(18(25)26)9-21-23(11)13-4-6-22(7-5-13)17(24)10-27-16-3-2-12(19)8-15(16)20/h2-3,8-9,13H,4-7,10H2,1H3,(H,25,26). The molecule has 0 spiro atoms. The summed E-state index contributed by atoms with van der Waals surface area (Å²) in [7, 11) is 0. The second-order valence-corrected chi connectivity index (χ2v) is 6.37. The highest BCUT2D eigenvalue weighted by atomic mass is 19.1. The van der Waals surface area contributed by atoms with Crippen LogP contribution in [0, 0.1) is 18.6 Å². The van der Waals surface area contributed by atoms with Crippen molar-refractivity contribution in [3.8, 4) is 5.75 Å². The Kier molecular flexibility index (Phi) is 5.38. The number of ether oxygens (including phenoxy) is 1. The molecule has 0 saturated carbocycles. The van der Waals surface area contributed by atoms with E-state index in [1.165, 1.54) is 6.20 Å². The van der Waals surface area contributed by atoms with E-state index in [0.717, 1.165) is 12.1 Å². The molecule has 7 nitrogen and oxygen atoms in total.